The van der Waals surface area contributed by atoms with Gasteiger partial charge in [0.1, 0.15) is 17.6 Å². The van der Waals surface area contributed by atoms with Crippen LogP contribution in [0.1, 0.15) is 34.1 Å². The van der Waals surface area contributed by atoms with Crippen LogP contribution in [-0.4, -0.2) is 41.5 Å². The number of thioether (sulfide) groups is 1. The van der Waals surface area contributed by atoms with Gasteiger partial charge in [-0.1, -0.05) is 60.3 Å². The zero-order valence-electron chi connectivity index (χ0n) is 22.6. The molecule has 0 spiro atoms. The van der Waals surface area contributed by atoms with E-state index in [-0.39, 0.29) is 5.92 Å². The van der Waals surface area contributed by atoms with Crippen LogP contribution in [0.4, 0.5) is 0 Å². The van der Waals surface area contributed by atoms with E-state index in [1.54, 1.807) is 18.0 Å². The molecule has 0 amide bonds. The second-order valence-electron chi connectivity index (χ2n) is 9.82. The van der Waals surface area contributed by atoms with Crippen LogP contribution in [0.15, 0.2) is 94.8 Å². The molecule has 0 bridgehead atoms. The number of oxazole rings is 1. The molecule has 10 nitrogen and oxygen atoms in total. The van der Waals surface area contributed by atoms with Gasteiger partial charge in [0.2, 0.25) is 11.8 Å². The van der Waals surface area contributed by atoms with Gasteiger partial charge in [0.15, 0.2) is 17.1 Å². The first-order valence-corrected chi connectivity index (χ1v) is 14.3. The van der Waals surface area contributed by atoms with Gasteiger partial charge in [0.25, 0.3) is 5.22 Å². The summed E-state index contributed by atoms with van der Waals surface area (Å²) in [6.07, 6.45) is 1.63. The van der Waals surface area contributed by atoms with Crippen molar-refractivity contribution in [1.82, 2.24) is 34.3 Å². The monoisotopic (exact) mass is 573 g/mol. The summed E-state index contributed by atoms with van der Waals surface area (Å²) in [4.78, 5) is 14.2. The Morgan fingerprint density at radius 3 is 2.57 bits per heavy atom. The summed E-state index contributed by atoms with van der Waals surface area (Å²) in [7, 11) is 1.68. The zero-order chi connectivity index (χ0) is 28.2. The van der Waals surface area contributed by atoms with Crippen LogP contribution in [-0.2, 0) is 5.75 Å². The smallest absolute Gasteiger partial charge is 0.257 e. The quantitative estimate of drug-likeness (QED) is 0.211. The average Bonchev–Trinajstić information content (AvgIpc) is 3.74. The highest BCUT2D eigenvalue weighted by atomic mass is 32.2. The number of fused-ring (bicyclic) bond motifs is 5. The molecule has 0 aliphatic carbocycles. The maximum absolute atomic E-state index is 6.53. The molecule has 5 heterocycles. The maximum Gasteiger partial charge on any atom is 0.257 e. The minimum atomic E-state index is -0.310. The van der Waals surface area contributed by atoms with E-state index in [9.17, 15) is 0 Å². The average molecular weight is 574 g/mol. The summed E-state index contributed by atoms with van der Waals surface area (Å²) >= 11 is 1.45. The number of benzene rings is 3. The van der Waals surface area contributed by atoms with Gasteiger partial charge >= 0.3 is 0 Å². The van der Waals surface area contributed by atoms with Gasteiger partial charge in [-0.2, -0.15) is 5.10 Å². The van der Waals surface area contributed by atoms with Gasteiger partial charge in [0, 0.05) is 5.56 Å². The molecule has 3 aromatic carbocycles. The van der Waals surface area contributed by atoms with Crippen LogP contribution >= 0.6 is 11.8 Å². The standard InChI is InChI=1S/C31H23N7O3S/c1-18-25-26(20-12-6-8-14-22(20)39-2)27-28-34-24(16-42-31-33-21-13-7-9-15-23(21)40-31)36-37(28)17-32-29(27)41-30(25)38(35-18)19-10-4-3-5-11-19/h3-15,17,26H,16H2,1-2H3. The molecule has 1 aliphatic heterocycles. The topological polar surface area (TPSA) is 105 Å². The summed E-state index contributed by atoms with van der Waals surface area (Å²) in [5, 5.41) is 10.2. The van der Waals surface area contributed by atoms with Gasteiger partial charge in [-0.3, -0.25) is 0 Å². The number of ether oxygens (including phenoxy) is 2. The van der Waals surface area contributed by atoms with Crippen molar-refractivity contribution < 1.29 is 13.9 Å². The predicted octanol–water partition coefficient (Wildman–Crippen LogP) is 6.35. The van der Waals surface area contributed by atoms with Gasteiger partial charge < -0.3 is 13.9 Å². The SMILES string of the molecule is COc1ccccc1C1c2c(C)nn(-c3ccccc3)c2Oc2ncn3nc(CSc4nc5ccccc5o4)nc3c21. The molecular formula is C31H23N7O3S. The Hall–Kier alpha value is -5.16. The number of hydrogen-bond donors (Lipinski definition) is 0. The first kappa shape index (κ1) is 24.6. The number of rotatable bonds is 6. The number of aromatic nitrogens is 7. The Bertz CT molecular complexity index is 2070. The van der Waals surface area contributed by atoms with E-state index in [1.807, 2.05) is 84.4 Å². The summed E-state index contributed by atoms with van der Waals surface area (Å²) < 4.78 is 21.8. The summed E-state index contributed by atoms with van der Waals surface area (Å²) in [5.74, 6) is 2.61. The van der Waals surface area contributed by atoms with Crippen LogP contribution in [0.2, 0.25) is 0 Å². The van der Waals surface area contributed by atoms with E-state index < -0.39 is 0 Å². The third kappa shape index (κ3) is 3.92. The number of nitrogens with zero attached hydrogens (tertiary/aromatic N) is 7. The van der Waals surface area contributed by atoms with Crippen LogP contribution in [0, 0.1) is 6.92 Å². The molecule has 11 heteroatoms. The number of hydrogen-bond acceptors (Lipinski definition) is 9. The second-order valence-corrected chi connectivity index (χ2v) is 10.8. The Labute approximate surface area is 244 Å². The molecule has 1 atom stereocenters. The molecular weight excluding hydrogens is 550 g/mol. The van der Waals surface area contributed by atoms with Crippen LogP contribution in [0.5, 0.6) is 17.5 Å². The lowest BCUT2D eigenvalue weighted by atomic mass is 9.84. The summed E-state index contributed by atoms with van der Waals surface area (Å²) in [6.45, 7) is 1.99. The summed E-state index contributed by atoms with van der Waals surface area (Å²) in [5.41, 5.74) is 6.64. The van der Waals surface area contributed by atoms with Crippen molar-refractivity contribution >= 4 is 28.5 Å². The first-order chi connectivity index (χ1) is 20.7. The highest BCUT2D eigenvalue weighted by Gasteiger charge is 2.39. The molecule has 0 N–H and O–H groups in total. The maximum atomic E-state index is 6.53. The van der Waals surface area contributed by atoms with E-state index in [0.717, 1.165) is 44.9 Å². The van der Waals surface area contributed by atoms with Crippen LogP contribution in [0.25, 0.3) is 22.4 Å². The number of methoxy groups -OCH3 is 1. The van der Waals surface area contributed by atoms with Gasteiger partial charge in [-0.25, -0.2) is 24.1 Å². The zero-order valence-corrected chi connectivity index (χ0v) is 23.4. The molecule has 42 heavy (non-hydrogen) atoms. The third-order valence-electron chi connectivity index (χ3n) is 7.31. The normalized spacial score (nSPS) is 14.1. The van der Waals surface area contributed by atoms with E-state index in [0.29, 0.717) is 34.2 Å². The molecule has 0 radical (unpaired) electrons. The van der Waals surface area contributed by atoms with Crippen molar-refractivity contribution in [3.05, 3.63) is 113 Å². The molecule has 8 rings (SSSR count). The predicted molar refractivity (Wildman–Crippen MR) is 157 cm³/mol. The highest BCUT2D eigenvalue weighted by Crippen LogP contribution is 2.51. The first-order valence-electron chi connectivity index (χ1n) is 13.4. The van der Waals surface area contributed by atoms with Crippen molar-refractivity contribution in [3.63, 3.8) is 0 Å². The lowest BCUT2D eigenvalue weighted by molar-refractivity contribution is 0.393. The van der Waals surface area contributed by atoms with Crippen molar-refractivity contribution in [2.75, 3.05) is 7.11 Å². The molecule has 0 saturated heterocycles. The number of para-hydroxylation sites is 4. The molecule has 0 saturated carbocycles. The molecule has 206 valence electrons. The van der Waals surface area contributed by atoms with Crippen LogP contribution < -0.4 is 9.47 Å². The fourth-order valence-electron chi connectivity index (χ4n) is 5.48. The fourth-order valence-corrected chi connectivity index (χ4v) is 6.17. The van der Waals surface area contributed by atoms with Gasteiger partial charge in [-0.05, 0) is 37.3 Å². The molecule has 7 aromatic rings. The minimum Gasteiger partial charge on any atom is -0.496 e. The van der Waals surface area contributed by atoms with E-state index >= 15 is 0 Å². The Morgan fingerprint density at radius 2 is 1.71 bits per heavy atom. The fraction of sp³-hybridized carbons (Fsp3) is 0.129. The second kappa shape index (κ2) is 9.74. The minimum absolute atomic E-state index is 0.310. The van der Waals surface area contributed by atoms with Gasteiger partial charge in [-0.15, -0.1) is 5.10 Å². The lowest BCUT2D eigenvalue weighted by Crippen LogP contribution is -2.16. The van der Waals surface area contributed by atoms with Crippen molar-refractivity contribution in [1.29, 1.82) is 0 Å². The van der Waals surface area contributed by atoms with Crippen molar-refractivity contribution in [2.45, 2.75) is 23.8 Å². The molecule has 4 aromatic heterocycles. The molecule has 1 aliphatic rings. The third-order valence-corrected chi connectivity index (χ3v) is 8.14. The lowest BCUT2D eigenvalue weighted by Gasteiger charge is -2.27. The van der Waals surface area contributed by atoms with E-state index in [2.05, 4.69) is 11.1 Å². The van der Waals surface area contributed by atoms with E-state index in [4.69, 9.17) is 34.1 Å². The van der Waals surface area contributed by atoms with Gasteiger partial charge in [0.05, 0.1) is 41.3 Å². The summed E-state index contributed by atoms with van der Waals surface area (Å²) in [6, 6.07) is 25.6. The highest BCUT2D eigenvalue weighted by molar-refractivity contribution is 7.98. The van der Waals surface area contributed by atoms with Crippen molar-refractivity contribution in [2.24, 2.45) is 0 Å². The Morgan fingerprint density at radius 1 is 0.905 bits per heavy atom. The Balaban J connectivity index is 1.26. The molecule has 0 fully saturated rings. The van der Waals surface area contributed by atoms with E-state index in [1.165, 1.54) is 11.8 Å². The number of aryl methyl sites for hydroxylation is 1. The Kier molecular flexibility index (Phi) is 5.71. The van der Waals surface area contributed by atoms with Crippen molar-refractivity contribution in [3.8, 4) is 23.2 Å². The largest absolute Gasteiger partial charge is 0.496 e. The molecule has 1 unspecified atom stereocenters. The van der Waals surface area contributed by atoms with Crippen LogP contribution in [0.3, 0.4) is 0 Å².